The van der Waals surface area contributed by atoms with E-state index >= 15 is 0 Å². The maximum atomic E-state index is 12.2. The van der Waals surface area contributed by atoms with E-state index in [0.29, 0.717) is 0 Å². The van der Waals surface area contributed by atoms with Crippen molar-refractivity contribution in [3.05, 3.63) is 31.2 Å². The fourth-order valence-corrected chi connectivity index (χ4v) is 1.25. The normalized spacial score (nSPS) is 10.1. The molecule has 0 aromatic carbocycles. The van der Waals surface area contributed by atoms with Crippen LogP contribution < -0.4 is 5.56 Å². The lowest BCUT2D eigenvalue weighted by molar-refractivity contribution is 0.150. The summed E-state index contributed by atoms with van der Waals surface area (Å²) in [6, 6.07) is 2.52. The second kappa shape index (κ2) is 3.83. The van der Waals surface area contributed by atoms with Crippen molar-refractivity contribution in [2.45, 2.75) is 6.43 Å². The molecule has 0 aliphatic rings. The second-order valence-electron chi connectivity index (χ2n) is 2.19. The highest BCUT2D eigenvalue weighted by Gasteiger charge is 2.15. The average molecular weight is 296 g/mol. The molecule has 0 saturated carbocycles. The van der Waals surface area contributed by atoms with Gasteiger partial charge in [-0.2, -0.15) is 5.26 Å². The quantitative estimate of drug-likeness (QED) is 0.803. The van der Waals surface area contributed by atoms with Crippen LogP contribution in [0.5, 0.6) is 0 Å². The van der Waals surface area contributed by atoms with Gasteiger partial charge < -0.3 is 4.98 Å². The Hall–Kier alpha value is -0.970. The van der Waals surface area contributed by atoms with E-state index in [2.05, 4.69) is 4.98 Å². The smallest absolute Gasteiger partial charge is 0.266 e. The zero-order valence-electron chi connectivity index (χ0n) is 6.14. The number of aromatic nitrogens is 1. The molecule has 0 fully saturated rings. The minimum Gasteiger partial charge on any atom is -0.312 e. The van der Waals surface area contributed by atoms with Gasteiger partial charge in [0, 0.05) is 0 Å². The highest BCUT2D eigenvalue weighted by molar-refractivity contribution is 14.1. The Kier molecular flexibility index (Phi) is 2.98. The number of H-pyrrole nitrogens is 1. The number of nitriles is 1. The van der Waals surface area contributed by atoms with Crippen molar-refractivity contribution in [1.82, 2.24) is 4.98 Å². The first-order chi connectivity index (χ1) is 6.06. The van der Waals surface area contributed by atoms with E-state index in [4.69, 9.17) is 5.26 Å². The third-order valence-electron chi connectivity index (χ3n) is 1.37. The number of aromatic amines is 1. The van der Waals surface area contributed by atoms with Gasteiger partial charge in [-0.15, -0.1) is 0 Å². The van der Waals surface area contributed by atoms with Crippen LogP contribution in [0.4, 0.5) is 8.78 Å². The Balaban J connectivity index is 3.44. The molecule has 0 aliphatic heterocycles. The van der Waals surface area contributed by atoms with Gasteiger partial charge in [-0.3, -0.25) is 4.79 Å². The first kappa shape index (κ1) is 10.1. The number of hydrogen-bond acceptors (Lipinski definition) is 2. The van der Waals surface area contributed by atoms with Gasteiger partial charge in [0.25, 0.3) is 12.0 Å². The molecule has 0 saturated heterocycles. The summed E-state index contributed by atoms with van der Waals surface area (Å²) in [6.45, 7) is 0. The highest BCUT2D eigenvalue weighted by Crippen LogP contribution is 2.21. The van der Waals surface area contributed by atoms with E-state index in [1.807, 2.05) is 0 Å². The predicted octanol–water partition coefficient (Wildman–Crippen LogP) is 1.79. The third-order valence-corrected chi connectivity index (χ3v) is 2.17. The monoisotopic (exact) mass is 296 g/mol. The molecule has 13 heavy (non-hydrogen) atoms. The maximum Gasteiger partial charge on any atom is 0.266 e. The largest absolute Gasteiger partial charge is 0.312 e. The van der Waals surface area contributed by atoms with Gasteiger partial charge in [0.2, 0.25) is 0 Å². The molecule has 1 aromatic rings. The zero-order chi connectivity index (χ0) is 10.0. The summed E-state index contributed by atoms with van der Waals surface area (Å²) >= 11 is 1.63. The summed E-state index contributed by atoms with van der Waals surface area (Å²) in [5, 5.41) is 8.43. The average Bonchev–Trinajstić information content (AvgIpc) is 2.08. The molecule has 0 unspecified atom stereocenters. The first-order valence-corrected chi connectivity index (χ1v) is 4.25. The van der Waals surface area contributed by atoms with E-state index in [1.165, 1.54) is 6.07 Å². The Bertz CT molecular complexity index is 421. The number of alkyl halides is 2. The minimum atomic E-state index is -2.75. The molecule has 1 heterocycles. The van der Waals surface area contributed by atoms with Crippen molar-refractivity contribution < 1.29 is 8.78 Å². The summed E-state index contributed by atoms with van der Waals surface area (Å²) in [7, 11) is 0. The molecule has 0 spiro atoms. The molecule has 0 amide bonds. The number of rotatable bonds is 1. The number of hydrogen-bond donors (Lipinski definition) is 1. The number of nitrogens with zero attached hydrogens (tertiary/aromatic N) is 1. The number of pyridine rings is 1. The molecule has 0 atom stereocenters. The predicted molar refractivity (Wildman–Crippen MR) is 49.5 cm³/mol. The Morgan fingerprint density at radius 3 is 2.69 bits per heavy atom. The number of halogens is 3. The van der Waals surface area contributed by atoms with Crippen molar-refractivity contribution in [2.24, 2.45) is 0 Å². The standard InChI is InChI=1S/C7H3F2IN2O/c8-6(9)3-1-4(10)7(13)12-5(3)2-11/h1,6H,(H,12,13). The van der Waals surface area contributed by atoms with E-state index in [0.717, 1.165) is 6.07 Å². The molecular weight excluding hydrogens is 293 g/mol. The fraction of sp³-hybridized carbons (Fsp3) is 0.143. The Labute approximate surface area is 85.5 Å². The topological polar surface area (TPSA) is 56.6 Å². The van der Waals surface area contributed by atoms with Gasteiger partial charge in [0.15, 0.2) is 0 Å². The van der Waals surface area contributed by atoms with Crippen LogP contribution in [-0.2, 0) is 0 Å². The van der Waals surface area contributed by atoms with Gasteiger partial charge in [0.05, 0.1) is 9.13 Å². The fourth-order valence-electron chi connectivity index (χ4n) is 0.784. The molecule has 68 valence electrons. The summed E-state index contributed by atoms with van der Waals surface area (Å²) in [5.74, 6) is 0. The summed E-state index contributed by atoms with van der Waals surface area (Å²) < 4.78 is 24.6. The van der Waals surface area contributed by atoms with E-state index in [1.54, 1.807) is 22.6 Å². The lowest BCUT2D eigenvalue weighted by Gasteiger charge is -2.01. The summed E-state index contributed by atoms with van der Waals surface area (Å²) in [6.07, 6.45) is -2.75. The van der Waals surface area contributed by atoms with Gasteiger partial charge in [-0.05, 0) is 28.7 Å². The molecule has 0 bridgehead atoms. The molecule has 0 aliphatic carbocycles. The van der Waals surface area contributed by atoms with E-state index in [-0.39, 0.29) is 9.26 Å². The van der Waals surface area contributed by atoms with Crippen LogP contribution in [-0.4, -0.2) is 4.98 Å². The highest BCUT2D eigenvalue weighted by atomic mass is 127. The van der Waals surface area contributed by atoms with Crippen LogP contribution in [0, 0.1) is 14.9 Å². The molecule has 3 nitrogen and oxygen atoms in total. The van der Waals surface area contributed by atoms with Gasteiger partial charge in [-0.1, -0.05) is 0 Å². The van der Waals surface area contributed by atoms with E-state index < -0.39 is 17.5 Å². The van der Waals surface area contributed by atoms with Crippen LogP contribution in [0.15, 0.2) is 10.9 Å². The van der Waals surface area contributed by atoms with Gasteiger partial charge >= 0.3 is 0 Å². The van der Waals surface area contributed by atoms with Crippen LogP contribution in [0.1, 0.15) is 17.7 Å². The number of nitrogens with one attached hydrogen (secondary N) is 1. The molecule has 1 aromatic heterocycles. The van der Waals surface area contributed by atoms with Gasteiger partial charge in [-0.25, -0.2) is 8.78 Å². The maximum absolute atomic E-state index is 12.2. The second-order valence-corrected chi connectivity index (χ2v) is 3.35. The molecule has 1 N–H and O–H groups in total. The first-order valence-electron chi connectivity index (χ1n) is 3.17. The summed E-state index contributed by atoms with van der Waals surface area (Å²) in [4.78, 5) is 13.0. The molecule has 6 heteroatoms. The lowest BCUT2D eigenvalue weighted by Crippen LogP contribution is -2.13. The van der Waals surface area contributed by atoms with Crippen molar-refractivity contribution in [2.75, 3.05) is 0 Å². The lowest BCUT2D eigenvalue weighted by atomic mass is 10.2. The third kappa shape index (κ3) is 2.03. The van der Waals surface area contributed by atoms with Crippen molar-refractivity contribution in [3.63, 3.8) is 0 Å². The Morgan fingerprint density at radius 2 is 2.23 bits per heavy atom. The van der Waals surface area contributed by atoms with E-state index in [9.17, 15) is 13.6 Å². The zero-order valence-corrected chi connectivity index (χ0v) is 8.30. The Morgan fingerprint density at radius 1 is 1.62 bits per heavy atom. The molecule has 1 rings (SSSR count). The van der Waals surface area contributed by atoms with Crippen molar-refractivity contribution in [3.8, 4) is 6.07 Å². The molecule has 0 radical (unpaired) electrons. The SMILES string of the molecule is N#Cc1[nH]c(=O)c(I)cc1C(F)F. The molecular formula is C7H3F2IN2O. The summed E-state index contributed by atoms with van der Waals surface area (Å²) in [5.41, 5.74) is -1.34. The van der Waals surface area contributed by atoms with Crippen LogP contribution in [0.2, 0.25) is 0 Å². The van der Waals surface area contributed by atoms with Gasteiger partial charge in [0.1, 0.15) is 11.8 Å². The van der Waals surface area contributed by atoms with Crippen molar-refractivity contribution in [1.29, 1.82) is 5.26 Å². The van der Waals surface area contributed by atoms with Crippen LogP contribution in [0.25, 0.3) is 0 Å². The van der Waals surface area contributed by atoms with Crippen LogP contribution in [0.3, 0.4) is 0 Å². The minimum absolute atomic E-state index is 0.145. The van der Waals surface area contributed by atoms with Crippen LogP contribution >= 0.6 is 22.6 Å². The van der Waals surface area contributed by atoms with Crippen molar-refractivity contribution >= 4 is 22.6 Å².